The van der Waals surface area contributed by atoms with Gasteiger partial charge in [0.15, 0.2) is 0 Å². The maximum Gasteiger partial charge on any atom is 0.243 e. The fraction of sp³-hybridized carbons (Fsp3) is 0.562. The number of amides is 1. The summed E-state index contributed by atoms with van der Waals surface area (Å²) in [6.07, 6.45) is 0. The molecule has 1 fully saturated rings. The van der Waals surface area contributed by atoms with Gasteiger partial charge < -0.3 is 15.4 Å². The van der Waals surface area contributed by atoms with Crippen LogP contribution >= 0.6 is 11.8 Å². The van der Waals surface area contributed by atoms with Gasteiger partial charge in [-0.3, -0.25) is 4.79 Å². The monoisotopic (exact) mass is 308 g/mol. The van der Waals surface area contributed by atoms with Crippen molar-refractivity contribution >= 4 is 23.4 Å². The van der Waals surface area contributed by atoms with Crippen molar-refractivity contribution in [3.05, 3.63) is 29.3 Å². The Morgan fingerprint density at radius 1 is 1.52 bits per heavy atom. The molecule has 1 amide bonds. The first-order valence-electron chi connectivity index (χ1n) is 7.40. The van der Waals surface area contributed by atoms with Crippen LogP contribution in [0.4, 0.5) is 5.69 Å². The number of thioether (sulfide) groups is 1. The Morgan fingerprint density at radius 2 is 2.33 bits per heavy atom. The smallest absolute Gasteiger partial charge is 0.243 e. The van der Waals surface area contributed by atoms with E-state index in [1.54, 1.807) is 0 Å². The second-order valence-corrected chi connectivity index (χ2v) is 7.09. The summed E-state index contributed by atoms with van der Waals surface area (Å²) in [6, 6.07) is 5.83. The minimum atomic E-state index is -0.258. The molecule has 0 spiro atoms. The van der Waals surface area contributed by atoms with E-state index in [2.05, 4.69) is 37.5 Å². The number of rotatable bonds is 5. The summed E-state index contributed by atoms with van der Waals surface area (Å²) in [7, 11) is 0. The van der Waals surface area contributed by atoms with Gasteiger partial charge in [0.2, 0.25) is 5.91 Å². The summed E-state index contributed by atoms with van der Waals surface area (Å²) in [5.41, 5.74) is 3.32. The van der Waals surface area contributed by atoms with Crippen LogP contribution in [-0.4, -0.2) is 37.0 Å². The average Bonchev–Trinajstić information content (AvgIpc) is 2.49. The van der Waals surface area contributed by atoms with E-state index >= 15 is 0 Å². The molecule has 0 aliphatic carbocycles. The Kier molecular flexibility index (Phi) is 6.08. The van der Waals surface area contributed by atoms with Crippen LogP contribution in [0.15, 0.2) is 18.2 Å². The van der Waals surface area contributed by atoms with Gasteiger partial charge in [-0.1, -0.05) is 26.0 Å². The van der Waals surface area contributed by atoms with E-state index in [-0.39, 0.29) is 11.9 Å². The normalized spacial score (nSPS) is 18.8. The van der Waals surface area contributed by atoms with Crippen molar-refractivity contribution in [2.45, 2.75) is 37.8 Å². The summed E-state index contributed by atoms with van der Waals surface area (Å²) in [6.45, 7) is 8.29. The Bertz CT molecular complexity index is 485. The number of benzene rings is 1. The zero-order valence-corrected chi connectivity index (χ0v) is 13.8. The molecule has 0 saturated carbocycles. The van der Waals surface area contributed by atoms with Crippen molar-refractivity contribution in [2.75, 3.05) is 25.1 Å². The van der Waals surface area contributed by atoms with Crippen molar-refractivity contribution in [1.29, 1.82) is 0 Å². The lowest BCUT2D eigenvalue weighted by Gasteiger charge is -2.23. The Labute approximate surface area is 131 Å². The number of anilines is 1. The average molecular weight is 308 g/mol. The fourth-order valence-electron chi connectivity index (χ4n) is 2.19. The molecular formula is C16H24N2O2S. The molecule has 0 bridgehead atoms. The van der Waals surface area contributed by atoms with Crippen molar-refractivity contribution in [1.82, 2.24) is 5.32 Å². The molecule has 1 aliphatic heterocycles. The highest BCUT2D eigenvalue weighted by Gasteiger charge is 2.21. The number of nitrogens with one attached hydrogen (secondary N) is 2. The summed E-state index contributed by atoms with van der Waals surface area (Å²) in [4.78, 5) is 12.2. The molecule has 0 aromatic heterocycles. The van der Waals surface area contributed by atoms with Crippen LogP contribution in [0.1, 0.15) is 25.0 Å². The molecule has 1 heterocycles. The molecule has 1 saturated heterocycles. The van der Waals surface area contributed by atoms with E-state index in [0.717, 1.165) is 23.5 Å². The maximum atomic E-state index is 12.2. The van der Waals surface area contributed by atoms with Gasteiger partial charge in [-0.15, -0.1) is 0 Å². The van der Waals surface area contributed by atoms with Crippen molar-refractivity contribution < 1.29 is 9.53 Å². The molecule has 2 N–H and O–H groups in total. The van der Waals surface area contributed by atoms with Gasteiger partial charge in [0.1, 0.15) is 6.04 Å². The minimum absolute atomic E-state index is 0.0218. The predicted molar refractivity (Wildman–Crippen MR) is 88.8 cm³/mol. The molecule has 0 radical (unpaired) electrons. The maximum absolute atomic E-state index is 12.2. The summed E-state index contributed by atoms with van der Waals surface area (Å²) in [5, 5.41) is 6.79. The van der Waals surface area contributed by atoms with E-state index in [1.807, 2.05) is 23.9 Å². The van der Waals surface area contributed by atoms with E-state index in [1.165, 1.54) is 5.56 Å². The lowest BCUT2D eigenvalue weighted by atomic mass is 10.1. The van der Waals surface area contributed by atoms with Crippen LogP contribution < -0.4 is 10.6 Å². The van der Waals surface area contributed by atoms with Crippen molar-refractivity contribution in [3.63, 3.8) is 0 Å². The van der Waals surface area contributed by atoms with Crippen LogP contribution in [0.3, 0.4) is 0 Å². The van der Waals surface area contributed by atoms with E-state index in [0.29, 0.717) is 18.5 Å². The van der Waals surface area contributed by atoms with E-state index < -0.39 is 0 Å². The van der Waals surface area contributed by atoms with Gasteiger partial charge in [-0.05, 0) is 29.4 Å². The number of carbonyl (C=O) groups is 1. The lowest BCUT2D eigenvalue weighted by Crippen LogP contribution is -2.48. The van der Waals surface area contributed by atoms with Gasteiger partial charge in [-0.2, -0.15) is 11.8 Å². The van der Waals surface area contributed by atoms with Gasteiger partial charge in [-0.25, -0.2) is 0 Å². The van der Waals surface area contributed by atoms with Gasteiger partial charge in [0, 0.05) is 18.0 Å². The first-order chi connectivity index (χ1) is 10.1. The highest BCUT2D eigenvalue weighted by molar-refractivity contribution is 7.99. The van der Waals surface area contributed by atoms with Crippen molar-refractivity contribution in [2.24, 2.45) is 0 Å². The summed E-state index contributed by atoms with van der Waals surface area (Å²) in [5.74, 6) is 0.948. The minimum Gasteiger partial charge on any atom is -0.378 e. The predicted octanol–water partition coefficient (Wildman–Crippen LogP) is 2.56. The van der Waals surface area contributed by atoms with Crippen LogP contribution in [0.2, 0.25) is 0 Å². The number of hydrogen-bond donors (Lipinski definition) is 2. The first kappa shape index (κ1) is 16.3. The zero-order valence-electron chi connectivity index (χ0n) is 12.9. The lowest BCUT2D eigenvalue weighted by molar-refractivity contribution is -0.120. The molecule has 1 aliphatic rings. The molecule has 21 heavy (non-hydrogen) atoms. The van der Waals surface area contributed by atoms with Gasteiger partial charge in [0.05, 0.1) is 13.2 Å². The van der Waals surface area contributed by atoms with Gasteiger partial charge in [0.25, 0.3) is 0 Å². The number of ether oxygens (including phenoxy) is 1. The zero-order chi connectivity index (χ0) is 15.2. The molecule has 1 aromatic rings. The van der Waals surface area contributed by atoms with E-state index in [9.17, 15) is 4.79 Å². The third-order valence-electron chi connectivity index (χ3n) is 3.51. The first-order valence-corrected chi connectivity index (χ1v) is 8.45. The van der Waals surface area contributed by atoms with Crippen LogP contribution in [0.5, 0.6) is 0 Å². The molecule has 1 aromatic carbocycles. The number of morpholine rings is 1. The molecule has 2 rings (SSSR count). The summed E-state index contributed by atoms with van der Waals surface area (Å²) < 4.78 is 5.33. The van der Waals surface area contributed by atoms with Crippen LogP contribution in [0, 0.1) is 6.92 Å². The van der Waals surface area contributed by atoms with Crippen molar-refractivity contribution in [3.8, 4) is 0 Å². The third kappa shape index (κ3) is 4.73. The molecule has 5 heteroatoms. The van der Waals surface area contributed by atoms with E-state index in [4.69, 9.17) is 4.74 Å². The largest absolute Gasteiger partial charge is 0.378 e. The SMILES string of the molecule is Cc1c(CSC(C)C)cccc1NC(=O)C1COCCN1. The van der Waals surface area contributed by atoms with Crippen LogP contribution in [0.25, 0.3) is 0 Å². The van der Waals surface area contributed by atoms with Gasteiger partial charge >= 0.3 is 0 Å². The fourth-order valence-corrected chi connectivity index (χ4v) is 3.01. The molecular weight excluding hydrogens is 284 g/mol. The highest BCUT2D eigenvalue weighted by Crippen LogP contribution is 2.25. The quantitative estimate of drug-likeness (QED) is 0.878. The molecule has 116 valence electrons. The Morgan fingerprint density at radius 3 is 3.00 bits per heavy atom. The topological polar surface area (TPSA) is 50.4 Å². The van der Waals surface area contributed by atoms with Crippen LogP contribution in [-0.2, 0) is 15.3 Å². The second kappa shape index (κ2) is 7.82. The summed E-state index contributed by atoms with van der Waals surface area (Å²) >= 11 is 1.91. The standard InChI is InChI=1S/C16H24N2O2S/c1-11(2)21-10-13-5-4-6-14(12(13)3)18-16(19)15-9-20-8-7-17-15/h4-6,11,15,17H,7-10H2,1-3H3,(H,18,19). The molecule has 1 atom stereocenters. The number of hydrogen-bond acceptors (Lipinski definition) is 4. The highest BCUT2D eigenvalue weighted by atomic mass is 32.2. The number of carbonyl (C=O) groups excluding carboxylic acids is 1. The second-order valence-electron chi connectivity index (χ2n) is 5.52. The molecule has 4 nitrogen and oxygen atoms in total. The Balaban J connectivity index is 2.02. The third-order valence-corrected chi connectivity index (χ3v) is 4.66. The Hall–Kier alpha value is -1.04. The molecule has 1 unspecified atom stereocenters.